The second-order valence-electron chi connectivity index (χ2n) is 4.57. The van der Waals surface area contributed by atoms with Crippen LogP contribution in [0.15, 0.2) is 24.3 Å². The largest absolute Gasteiger partial charge is 0.462 e. The Morgan fingerprint density at radius 2 is 1.78 bits per heavy atom. The van der Waals surface area contributed by atoms with Gasteiger partial charge in [0.15, 0.2) is 0 Å². The Kier molecular flexibility index (Phi) is 8.65. The zero-order valence-electron chi connectivity index (χ0n) is 13.6. The number of carbonyl (C=O) groups is 2. The van der Waals surface area contributed by atoms with Gasteiger partial charge in [-0.2, -0.15) is 0 Å². The van der Waals surface area contributed by atoms with Crippen LogP contribution in [0.4, 0.5) is 5.69 Å². The molecule has 1 N–H and O–H groups in total. The quantitative estimate of drug-likeness (QED) is 0.599. The lowest BCUT2D eigenvalue weighted by atomic mass is 10.2. The fourth-order valence-electron chi connectivity index (χ4n) is 1.80. The highest BCUT2D eigenvalue weighted by molar-refractivity contribution is 8.23. The van der Waals surface area contributed by atoms with Crippen LogP contribution < -0.4 is 5.32 Å². The molecule has 1 amide bonds. The Labute approximate surface area is 146 Å². The van der Waals surface area contributed by atoms with Crippen LogP contribution in [-0.4, -0.2) is 46.5 Å². The maximum Gasteiger partial charge on any atom is 0.338 e. The molecule has 1 aromatic rings. The van der Waals surface area contributed by atoms with Crippen LogP contribution in [0.25, 0.3) is 0 Å². The first-order chi connectivity index (χ1) is 11.0. The summed E-state index contributed by atoms with van der Waals surface area (Å²) in [4.78, 5) is 25.5. The van der Waals surface area contributed by atoms with Gasteiger partial charge in [0.1, 0.15) is 4.32 Å². The van der Waals surface area contributed by atoms with Crippen molar-refractivity contribution in [1.29, 1.82) is 0 Å². The van der Waals surface area contributed by atoms with Crippen molar-refractivity contribution in [3.05, 3.63) is 29.8 Å². The highest BCUT2D eigenvalue weighted by Gasteiger charge is 2.10. The number of benzene rings is 1. The first-order valence-corrected chi connectivity index (χ1v) is 8.89. The maximum atomic E-state index is 11.9. The van der Waals surface area contributed by atoms with Crippen molar-refractivity contribution < 1.29 is 14.3 Å². The predicted octanol–water partition coefficient (Wildman–Crippen LogP) is 3.16. The second kappa shape index (κ2) is 10.2. The molecule has 0 unspecified atom stereocenters. The standard InChI is InChI=1S/C16H22N2O3S2/c1-4-18(5-2)16(22)23-11-14(19)17-13-9-7-12(8-10-13)15(20)21-6-3/h7-10H,4-6,11H2,1-3H3,(H,17,19). The van der Waals surface area contributed by atoms with E-state index in [0.717, 1.165) is 17.4 Å². The van der Waals surface area contributed by atoms with E-state index in [9.17, 15) is 9.59 Å². The van der Waals surface area contributed by atoms with Gasteiger partial charge in [-0.25, -0.2) is 4.79 Å². The monoisotopic (exact) mass is 354 g/mol. The van der Waals surface area contributed by atoms with Gasteiger partial charge < -0.3 is 15.0 Å². The lowest BCUT2D eigenvalue weighted by molar-refractivity contribution is -0.113. The van der Waals surface area contributed by atoms with Gasteiger partial charge in [0.25, 0.3) is 0 Å². The Balaban J connectivity index is 2.48. The summed E-state index contributed by atoms with van der Waals surface area (Å²) in [5.41, 5.74) is 1.10. The number of carbonyl (C=O) groups excluding carboxylic acids is 2. The number of hydrogen-bond donors (Lipinski definition) is 1. The van der Waals surface area contributed by atoms with Gasteiger partial charge in [-0.05, 0) is 45.0 Å². The van der Waals surface area contributed by atoms with Crippen molar-refractivity contribution >= 4 is 45.9 Å². The summed E-state index contributed by atoms with van der Waals surface area (Å²) in [5.74, 6) is -0.242. The Morgan fingerprint density at radius 1 is 1.17 bits per heavy atom. The molecular formula is C16H22N2O3S2. The number of anilines is 1. The number of thioether (sulfide) groups is 1. The molecule has 0 fully saturated rings. The molecule has 0 spiro atoms. The molecule has 0 saturated heterocycles. The van der Waals surface area contributed by atoms with E-state index in [0.29, 0.717) is 17.9 Å². The normalized spacial score (nSPS) is 10.0. The van der Waals surface area contributed by atoms with Gasteiger partial charge in [0.05, 0.1) is 17.9 Å². The number of thiocarbonyl (C=S) groups is 1. The number of amides is 1. The van der Waals surface area contributed by atoms with Crippen LogP contribution in [-0.2, 0) is 9.53 Å². The lowest BCUT2D eigenvalue weighted by Gasteiger charge is -2.20. The van der Waals surface area contributed by atoms with Crippen molar-refractivity contribution in [2.24, 2.45) is 0 Å². The topological polar surface area (TPSA) is 58.6 Å². The van der Waals surface area contributed by atoms with Crippen LogP contribution in [0.5, 0.6) is 0 Å². The van der Waals surface area contributed by atoms with Gasteiger partial charge in [-0.15, -0.1) is 0 Å². The van der Waals surface area contributed by atoms with Crippen molar-refractivity contribution in [1.82, 2.24) is 4.90 Å². The average Bonchev–Trinajstić information content (AvgIpc) is 2.55. The van der Waals surface area contributed by atoms with Crippen LogP contribution in [0, 0.1) is 0 Å². The zero-order chi connectivity index (χ0) is 17.2. The average molecular weight is 354 g/mol. The van der Waals surface area contributed by atoms with E-state index < -0.39 is 0 Å². The molecule has 1 rings (SSSR count). The van der Waals surface area contributed by atoms with E-state index in [1.54, 1.807) is 31.2 Å². The molecule has 0 atom stereocenters. The molecule has 7 heteroatoms. The molecule has 0 aliphatic rings. The van der Waals surface area contributed by atoms with E-state index in [4.69, 9.17) is 17.0 Å². The summed E-state index contributed by atoms with van der Waals surface area (Å²) in [6, 6.07) is 6.61. The SMILES string of the molecule is CCOC(=O)c1ccc(NC(=O)CSC(=S)N(CC)CC)cc1. The minimum absolute atomic E-state index is 0.131. The third-order valence-electron chi connectivity index (χ3n) is 3.03. The first kappa shape index (κ1) is 19.4. The fourth-order valence-corrected chi connectivity index (χ4v) is 3.00. The van der Waals surface area contributed by atoms with E-state index >= 15 is 0 Å². The summed E-state index contributed by atoms with van der Waals surface area (Å²) in [6.07, 6.45) is 0. The molecular weight excluding hydrogens is 332 g/mol. The molecule has 5 nitrogen and oxygen atoms in total. The first-order valence-electron chi connectivity index (χ1n) is 7.50. The molecule has 0 aliphatic carbocycles. The molecule has 0 bridgehead atoms. The van der Waals surface area contributed by atoms with E-state index in [1.165, 1.54) is 11.8 Å². The number of nitrogens with zero attached hydrogens (tertiary/aromatic N) is 1. The van der Waals surface area contributed by atoms with Crippen molar-refractivity contribution in [3.8, 4) is 0 Å². The van der Waals surface area contributed by atoms with Gasteiger partial charge in [-0.1, -0.05) is 24.0 Å². The van der Waals surface area contributed by atoms with Crippen LogP contribution >= 0.6 is 24.0 Å². The summed E-state index contributed by atoms with van der Waals surface area (Å²) >= 11 is 6.63. The fraction of sp³-hybridized carbons (Fsp3) is 0.438. The molecule has 0 heterocycles. The zero-order valence-corrected chi connectivity index (χ0v) is 15.3. The second-order valence-corrected chi connectivity index (χ2v) is 6.18. The number of nitrogens with one attached hydrogen (secondary N) is 1. The van der Waals surface area contributed by atoms with Gasteiger partial charge in [0, 0.05) is 18.8 Å². The van der Waals surface area contributed by atoms with Gasteiger partial charge >= 0.3 is 5.97 Å². The molecule has 0 radical (unpaired) electrons. The summed E-state index contributed by atoms with van der Waals surface area (Å²) in [5, 5.41) is 2.78. The number of rotatable bonds is 7. The third-order valence-corrected chi connectivity index (χ3v) is 4.55. The van der Waals surface area contributed by atoms with Crippen molar-refractivity contribution in [2.75, 3.05) is 30.8 Å². The minimum Gasteiger partial charge on any atom is -0.462 e. The summed E-state index contributed by atoms with van der Waals surface area (Å²) < 4.78 is 5.63. The number of ether oxygens (including phenoxy) is 1. The Morgan fingerprint density at radius 3 is 2.30 bits per heavy atom. The number of esters is 1. The smallest absolute Gasteiger partial charge is 0.338 e. The highest BCUT2D eigenvalue weighted by atomic mass is 32.2. The van der Waals surface area contributed by atoms with Crippen LogP contribution in [0.1, 0.15) is 31.1 Å². The molecule has 126 valence electrons. The maximum absolute atomic E-state index is 11.9. The molecule has 1 aromatic carbocycles. The Hall–Kier alpha value is -1.60. The van der Waals surface area contributed by atoms with Crippen LogP contribution in [0.2, 0.25) is 0 Å². The van der Waals surface area contributed by atoms with Gasteiger partial charge in [-0.3, -0.25) is 4.79 Å². The summed E-state index contributed by atoms with van der Waals surface area (Å²) in [6.45, 7) is 7.81. The Bertz CT molecular complexity index is 543. The molecule has 23 heavy (non-hydrogen) atoms. The van der Waals surface area contributed by atoms with E-state index in [2.05, 4.69) is 5.32 Å². The van der Waals surface area contributed by atoms with Gasteiger partial charge in [0.2, 0.25) is 5.91 Å². The lowest BCUT2D eigenvalue weighted by Crippen LogP contribution is -2.28. The number of hydrogen-bond acceptors (Lipinski definition) is 5. The van der Waals surface area contributed by atoms with Crippen molar-refractivity contribution in [2.45, 2.75) is 20.8 Å². The molecule has 0 aromatic heterocycles. The summed E-state index contributed by atoms with van der Waals surface area (Å²) in [7, 11) is 0. The minimum atomic E-state index is -0.370. The van der Waals surface area contributed by atoms with E-state index in [-0.39, 0.29) is 17.6 Å². The van der Waals surface area contributed by atoms with E-state index in [1.807, 2.05) is 18.7 Å². The predicted molar refractivity (Wildman–Crippen MR) is 99.0 cm³/mol. The third kappa shape index (κ3) is 6.58. The van der Waals surface area contributed by atoms with Crippen molar-refractivity contribution in [3.63, 3.8) is 0 Å². The molecule has 0 saturated carbocycles. The van der Waals surface area contributed by atoms with Crippen LogP contribution in [0.3, 0.4) is 0 Å². The highest BCUT2D eigenvalue weighted by Crippen LogP contribution is 2.13. The molecule has 0 aliphatic heterocycles.